The van der Waals surface area contributed by atoms with E-state index >= 15 is 0 Å². The zero-order chi connectivity index (χ0) is 15.5. The minimum Gasteiger partial charge on any atom is -0.370 e. The Balaban J connectivity index is 2.00. The van der Waals surface area contributed by atoms with Crippen LogP contribution in [0.25, 0.3) is 0 Å². The second kappa shape index (κ2) is 6.43. The molecule has 2 heterocycles. The van der Waals surface area contributed by atoms with Crippen LogP contribution in [-0.4, -0.2) is 26.5 Å². The number of H-pyrrole nitrogens is 1. The molecule has 114 valence electrons. The van der Waals surface area contributed by atoms with Crippen molar-refractivity contribution in [2.45, 2.75) is 46.0 Å². The van der Waals surface area contributed by atoms with Crippen LogP contribution < -0.4 is 5.32 Å². The minimum atomic E-state index is -0.123. The fourth-order valence-corrected chi connectivity index (χ4v) is 2.06. The van der Waals surface area contributed by atoms with E-state index in [1.165, 1.54) is 0 Å². The first-order chi connectivity index (χ1) is 9.88. The number of nitrogens with one attached hydrogen (secondary N) is 2. The Hall–Kier alpha value is -1.62. The number of hydrogen-bond donors (Lipinski definition) is 2. The molecule has 2 aromatic heterocycles. The highest BCUT2D eigenvalue weighted by atomic mass is 35.5. The average Bonchev–Trinajstić information content (AvgIpc) is 2.91. The van der Waals surface area contributed by atoms with Crippen LogP contribution in [-0.2, 0) is 11.8 Å². The maximum atomic E-state index is 6.21. The number of anilines is 1. The summed E-state index contributed by atoms with van der Waals surface area (Å²) in [5.74, 6) is 2.58. The Kier molecular flexibility index (Phi) is 4.83. The van der Waals surface area contributed by atoms with Gasteiger partial charge in [0.05, 0.1) is 0 Å². The standard InChI is InChI=1S/C15H22ClN5/c1-10-12(16)20-14(15(2,3)4)21-13(10)19-7-5-6-11-17-8-9-18-11/h8-9H,5-7H2,1-4H3,(H,17,18)(H,19,20,21). The van der Waals surface area contributed by atoms with Gasteiger partial charge in [0.25, 0.3) is 0 Å². The number of aryl methyl sites for hydroxylation is 1. The summed E-state index contributed by atoms with van der Waals surface area (Å²) in [6, 6.07) is 0. The van der Waals surface area contributed by atoms with Crippen LogP contribution in [0.4, 0.5) is 5.82 Å². The van der Waals surface area contributed by atoms with Crippen LogP contribution in [0.2, 0.25) is 5.15 Å². The predicted molar refractivity (Wildman–Crippen MR) is 85.9 cm³/mol. The van der Waals surface area contributed by atoms with Gasteiger partial charge in [-0.05, 0) is 13.3 Å². The van der Waals surface area contributed by atoms with Gasteiger partial charge in [0, 0.05) is 36.3 Å². The van der Waals surface area contributed by atoms with Crippen molar-refractivity contribution in [3.63, 3.8) is 0 Å². The molecule has 0 saturated carbocycles. The fourth-order valence-electron chi connectivity index (χ4n) is 1.89. The Morgan fingerprint density at radius 3 is 2.67 bits per heavy atom. The molecular formula is C15H22ClN5. The molecular weight excluding hydrogens is 286 g/mol. The lowest BCUT2D eigenvalue weighted by Crippen LogP contribution is -2.18. The van der Waals surface area contributed by atoms with Crippen LogP contribution in [0.1, 0.15) is 44.4 Å². The number of imidazole rings is 1. The van der Waals surface area contributed by atoms with E-state index in [1.807, 2.05) is 13.1 Å². The van der Waals surface area contributed by atoms with E-state index in [9.17, 15) is 0 Å². The molecule has 6 heteroatoms. The van der Waals surface area contributed by atoms with Crippen LogP contribution >= 0.6 is 11.6 Å². The fraction of sp³-hybridized carbons (Fsp3) is 0.533. The molecule has 0 aliphatic heterocycles. The quantitative estimate of drug-likeness (QED) is 0.655. The topological polar surface area (TPSA) is 66.5 Å². The van der Waals surface area contributed by atoms with Crippen molar-refractivity contribution >= 4 is 17.4 Å². The van der Waals surface area contributed by atoms with Gasteiger partial charge < -0.3 is 10.3 Å². The van der Waals surface area contributed by atoms with Gasteiger partial charge in [-0.2, -0.15) is 0 Å². The Morgan fingerprint density at radius 2 is 2.05 bits per heavy atom. The number of aromatic nitrogens is 4. The number of rotatable bonds is 5. The first-order valence-corrected chi connectivity index (χ1v) is 7.52. The first-order valence-electron chi connectivity index (χ1n) is 7.14. The van der Waals surface area contributed by atoms with Gasteiger partial charge >= 0.3 is 0 Å². The number of aromatic amines is 1. The van der Waals surface area contributed by atoms with Crippen LogP contribution in [0.3, 0.4) is 0 Å². The van der Waals surface area contributed by atoms with E-state index < -0.39 is 0 Å². The smallest absolute Gasteiger partial charge is 0.137 e. The van der Waals surface area contributed by atoms with Crippen LogP contribution in [0.15, 0.2) is 12.4 Å². The molecule has 21 heavy (non-hydrogen) atoms. The summed E-state index contributed by atoms with van der Waals surface area (Å²) < 4.78 is 0. The third-order valence-corrected chi connectivity index (χ3v) is 3.56. The molecule has 0 aromatic carbocycles. The molecule has 0 spiro atoms. The third-order valence-electron chi connectivity index (χ3n) is 3.19. The molecule has 0 unspecified atom stereocenters. The highest BCUT2D eigenvalue weighted by Crippen LogP contribution is 2.25. The average molecular weight is 308 g/mol. The van der Waals surface area contributed by atoms with Gasteiger partial charge in [-0.1, -0.05) is 32.4 Å². The summed E-state index contributed by atoms with van der Waals surface area (Å²) in [5.41, 5.74) is 0.768. The van der Waals surface area contributed by atoms with E-state index in [0.717, 1.165) is 42.4 Å². The van der Waals surface area contributed by atoms with Crippen molar-refractivity contribution in [2.75, 3.05) is 11.9 Å². The zero-order valence-electron chi connectivity index (χ0n) is 13.0. The molecule has 0 saturated heterocycles. The van der Waals surface area contributed by atoms with Crippen molar-refractivity contribution in [2.24, 2.45) is 0 Å². The molecule has 0 fully saturated rings. The van der Waals surface area contributed by atoms with Crippen molar-refractivity contribution in [1.82, 2.24) is 19.9 Å². The molecule has 0 atom stereocenters. The minimum absolute atomic E-state index is 0.123. The molecule has 0 radical (unpaired) electrons. The zero-order valence-corrected chi connectivity index (χ0v) is 13.8. The summed E-state index contributed by atoms with van der Waals surface area (Å²) in [6.45, 7) is 8.99. The highest BCUT2D eigenvalue weighted by Gasteiger charge is 2.20. The SMILES string of the molecule is Cc1c(Cl)nc(C(C)(C)C)nc1NCCCc1ncc[nH]1. The molecule has 0 amide bonds. The van der Waals surface area contributed by atoms with E-state index in [2.05, 4.69) is 46.0 Å². The van der Waals surface area contributed by atoms with Crippen LogP contribution in [0.5, 0.6) is 0 Å². The lowest BCUT2D eigenvalue weighted by atomic mass is 9.95. The van der Waals surface area contributed by atoms with Crippen molar-refractivity contribution in [3.05, 3.63) is 34.8 Å². The van der Waals surface area contributed by atoms with Gasteiger partial charge in [-0.3, -0.25) is 0 Å². The molecule has 0 bridgehead atoms. The lowest BCUT2D eigenvalue weighted by Gasteiger charge is -2.19. The Bertz CT molecular complexity index is 587. The molecule has 0 aliphatic rings. The summed E-state index contributed by atoms with van der Waals surface area (Å²) in [5, 5.41) is 3.87. The molecule has 5 nitrogen and oxygen atoms in total. The van der Waals surface area contributed by atoms with Crippen molar-refractivity contribution in [3.8, 4) is 0 Å². The normalized spacial score (nSPS) is 11.7. The highest BCUT2D eigenvalue weighted by molar-refractivity contribution is 6.30. The Morgan fingerprint density at radius 1 is 1.29 bits per heavy atom. The number of hydrogen-bond acceptors (Lipinski definition) is 4. The number of halogens is 1. The first kappa shape index (κ1) is 15.8. The number of nitrogens with zero attached hydrogens (tertiary/aromatic N) is 3. The van der Waals surface area contributed by atoms with Gasteiger partial charge in [0.2, 0.25) is 0 Å². The van der Waals surface area contributed by atoms with E-state index in [1.54, 1.807) is 6.20 Å². The summed E-state index contributed by atoms with van der Waals surface area (Å²) in [6.07, 6.45) is 5.49. The van der Waals surface area contributed by atoms with Gasteiger partial charge in [-0.15, -0.1) is 0 Å². The van der Waals surface area contributed by atoms with Crippen molar-refractivity contribution in [1.29, 1.82) is 0 Å². The molecule has 2 rings (SSSR count). The van der Waals surface area contributed by atoms with Crippen LogP contribution in [0, 0.1) is 6.92 Å². The lowest BCUT2D eigenvalue weighted by molar-refractivity contribution is 0.545. The maximum absolute atomic E-state index is 6.21. The maximum Gasteiger partial charge on any atom is 0.137 e. The second-order valence-electron chi connectivity index (χ2n) is 6.13. The summed E-state index contributed by atoms with van der Waals surface area (Å²) >= 11 is 6.21. The summed E-state index contributed by atoms with van der Waals surface area (Å²) in [7, 11) is 0. The monoisotopic (exact) mass is 307 g/mol. The van der Waals surface area contributed by atoms with E-state index in [-0.39, 0.29) is 5.41 Å². The molecule has 0 aliphatic carbocycles. The molecule has 2 aromatic rings. The summed E-state index contributed by atoms with van der Waals surface area (Å²) in [4.78, 5) is 16.3. The van der Waals surface area contributed by atoms with E-state index in [0.29, 0.717) is 5.15 Å². The van der Waals surface area contributed by atoms with E-state index in [4.69, 9.17) is 11.6 Å². The predicted octanol–water partition coefficient (Wildman–Crippen LogP) is 3.50. The van der Waals surface area contributed by atoms with Gasteiger partial charge in [0.1, 0.15) is 22.6 Å². The Labute approximate surface area is 130 Å². The van der Waals surface area contributed by atoms with Gasteiger partial charge in [0.15, 0.2) is 0 Å². The van der Waals surface area contributed by atoms with Gasteiger partial charge in [-0.25, -0.2) is 15.0 Å². The largest absolute Gasteiger partial charge is 0.370 e. The second-order valence-corrected chi connectivity index (χ2v) is 6.49. The van der Waals surface area contributed by atoms with Crippen molar-refractivity contribution < 1.29 is 0 Å². The third kappa shape index (κ3) is 4.17. The molecule has 2 N–H and O–H groups in total.